The molecule has 0 radical (unpaired) electrons. The number of hydrogen-bond donors (Lipinski definition) is 1. The molecule has 3 aliphatic carbocycles. The summed E-state index contributed by atoms with van der Waals surface area (Å²) in [4.78, 5) is 25.9. The molecule has 0 aromatic heterocycles. The molecule has 1 aromatic rings. The van der Waals surface area contributed by atoms with Crippen molar-refractivity contribution in [3.63, 3.8) is 0 Å². The lowest BCUT2D eigenvalue weighted by atomic mass is 9.46. The van der Waals surface area contributed by atoms with Gasteiger partial charge in [-0.25, -0.2) is 0 Å². The van der Waals surface area contributed by atoms with Crippen LogP contribution in [0.3, 0.4) is 0 Å². The van der Waals surface area contributed by atoms with E-state index < -0.39 is 0 Å². The maximum atomic E-state index is 13.0. The van der Waals surface area contributed by atoms with E-state index >= 15 is 0 Å². The first-order valence-corrected chi connectivity index (χ1v) is 11.7. The number of fused-ring (bicyclic) bond motifs is 1. The van der Waals surface area contributed by atoms with Crippen LogP contribution in [0.15, 0.2) is 65.4 Å². The number of ketones is 2. The van der Waals surface area contributed by atoms with Gasteiger partial charge in [-0.15, -0.1) is 0 Å². The zero-order valence-electron chi connectivity index (χ0n) is 19.3. The maximum absolute atomic E-state index is 13.0. The van der Waals surface area contributed by atoms with Gasteiger partial charge in [0.05, 0.1) is 5.70 Å². The van der Waals surface area contributed by atoms with E-state index in [-0.39, 0.29) is 22.4 Å². The first-order chi connectivity index (χ1) is 14.7. The Labute approximate surface area is 186 Å². The van der Waals surface area contributed by atoms with Gasteiger partial charge in [0.2, 0.25) is 5.78 Å². The Morgan fingerprint density at radius 3 is 2.52 bits per heavy atom. The normalized spacial score (nSPS) is 33.2. The van der Waals surface area contributed by atoms with Gasteiger partial charge in [-0.1, -0.05) is 62.8 Å². The van der Waals surface area contributed by atoms with Crippen LogP contribution in [0, 0.1) is 22.7 Å². The number of allylic oxidation sites excluding steroid dienone is 5. The van der Waals surface area contributed by atoms with E-state index in [4.69, 9.17) is 0 Å². The third-order valence-corrected chi connectivity index (χ3v) is 8.65. The second-order valence-electron chi connectivity index (χ2n) is 10.4. The van der Waals surface area contributed by atoms with Crippen LogP contribution < -0.4 is 5.32 Å². The largest absolute Gasteiger partial charge is 0.378 e. The number of nitrogens with one attached hydrogen (secondary N) is 1. The van der Waals surface area contributed by atoms with E-state index in [9.17, 15) is 9.59 Å². The van der Waals surface area contributed by atoms with Gasteiger partial charge in [0, 0.05) is 18.2 Å². The molecule has 1 aromatic carbocycles. The fraction of sp³-hybridized carbons (Fsp3) is 0.500. The summed E-state index contributed by atoms with van der Waals surface area (Å²) in [6.07, 6.45) is 10.9. The minimum atomic E-state index is -0.0833. The highest BCUT2D eigenvalue weighted by Crippen LogP contribution is 2.62. The van der Waals surface area contributed by atoms with Crippen LogP contribution in [0.5, 0.6) is 0 Å². The van der Waals surface area contributed by atoms with E-state index in [0.717, 1.165) is 12.0 Å². The molecule has 0 spiro atoms. The van der Waals surface area contributed by atoms with Gasteiger partial charge < -0.3 is 5.32 Å². The second-order valence-corrected chi connectivity index (χ2v) is 10.4. The Hall–Kier alpha value is -2.42. The van der Waals surface area contributed by atoms with Gasteiger partial charge in [-0.05, 0) is 73.3 Å². The van der Waals surface area contributed by atoms with Crippen molar-refractivity contribution < 1.29 is 9.59 Å². The second kappa shape index (κ2) is 8.26. The molecule has 1 saturated carbocycles. The summed E-state index contributed by atoms with van der Waals surface area (Å²) < 4.78 is 0. The Bertz CT molecular complexity index is 970. The Morgan fingerprint density at radius 2 is 1.77 bits per heavy atom. The number of benzene rings is 1. The minimum Gasteiger partial charge on any atom is -0.378 e. The first-order valence-electron chi connectivity index (χ1n) is 11.7. The van der Waals surface area contributed by atoms with Crippen LogP contribution in [-0.4, -0.2) is 11.6 Å². The first kappa shape index (κ1) is 21.8. The topological polar surface area (TPSA) is 46.2 Å². The minimum absolute atomic E-state index is 0.0149. The van der Waals surface area contributed by atoms with Gasteiger partial charge in [-0.2, -0.15) is 0 Å². The molecule has 0 bridgehead atoms. The quantitative estimate of drug-likeness (QED) is 0.477. The van der Waals surface area contributed by atoms with E-state index in [1.807, 2.05) is 30.3 Å². The molecule has 3 nitrogen and oxygen atoms in total. The van der Waals surface area contributed by atoms with Crippen molar-refractivity contribution in [1.29, 1.82) is 0 Å². The molecule has 4 rings (SSSR count). The fourth-order valence-electron chi connectivity index (χ4n) is 6.29. The van der Waals surface area contributed by atoms with Crippen LogP contribution in [-0.2, 0) is 16.1 Å². The number of hydrogen-bond acceptors (Lipinski definition) is 3. The summed E-state index contributed by atoms with van der Waals surface area (Å²) >= 11 is 0. The van der Waals surface area contributed by atoms with Crippen molar-refractivity contribution in [2.45, 2.75) is 66.3 Å². The molecule has 1 N–H and O–H groups in total. The van der Waals surface area contributed by atoms with Crippen molar-refractivity contribution >= 4 is 11.6 Å². The van der Waals surface area contributed by atoms with Gasteiger partial charge in [0.1, 0.15) is 0 Å². The Kier molecular flexibility index (Phi) is 5.81. The summed E-state index contributed by atoms with van der Waals surface area (Å²) in [5.74, 6) is 0.972. The molecule has 0 aliphatic heterocycles. The average Bonchev–Trinajstić information content (AvgIpc) is 2.75. The van der Waals surface area contributed by atoms with Crippen molar-refractivity contribution in [3.8, 4) is 0 Å². The fourth-order valence-corrected chi connectivity index (χ4v) is 6.29. The molecule has 0 unspecified atom stereocenters. The summed E-state index contributed by atoms with van der Waals surface area (Å²) in [6, 6.07) is 9.92. The van der Waals surface area contributed by atoms with Crippen LogP contribution in [0.4, 0.5) is 0 Å². The maximum Gasteiger partial charge on any atom is 0.202 e. The lowest BCUT2D eigenvalue weighted by Crippen LogP contribution is -2.50. The highest BCUT2D eigenvalue weighted by atomic mass is 16.1. The molecular formula is C28H35NO2. The van der Waals surface area contributed by atoms with Crippen LogP contribution >= 0.6 is 0 Å². The highest BCUT2D eigenvalue weighted by molar-refractivity contribution is 6.19. The predicted molar refractivity (Wildman–Crippen MR) is 125 cm³/mol. The average molecular weight is 418 g/mol. The molecule has 0 saturated heterocycles. The Balaban J connectivity index is 1.52. The monoisotopic (exact) mass is 417 g/mol. The Morgan fingerprint density at radius 1 is 1.03 bits per heavy atom. The number of carbonyl (C=O) groups excluding carboxylic acids is 2. The molecule has 4 atom stereocenters. The van der Waals surface area contributed by atoms with E-state index in [2.05, 4.69) is 39.1 Å². The molecule has 3 aliphatic rings. The molecule has 31 heavy (non-hydrogen) atoms. The summed E-state index contributed by atoms with van der Waals surface area (Å²) in [6.45, 7) is 9.94. The SMILES string of the molecule is CC1=CCC[C@H]2[C@](C)(CC3=CC(=O)C(NCc4ccccc4)=CC3=O)[C@@H](C)CC[C@]12C. The van der Waals surface area contributed by atoms with E-state index in [1.165, 1.54) is 30.9 Å². The van der Waals surface area contributed by atoms with Gasteiger partial charge in [0.15, 0.2) is 5.78 Å². The van der Waals surface area contributed by atoms with Crippen molar-refractivity contribution in [2.24, 2.45) is 22.7 Å². The van der Waals surface area contributed by atoms with Crippen molar-refractivity contribution in [3.05, 3.63) is 71.0 Å². The molecule has 3 heteroatoms. The smallest absolute Gasteiger partial charge is 0.202 e. The number of rotatable bonds is 5. The lowest BCUT2D eigenvalue weighted by molar-refractivity contribution is -0.116. The highest BCUT2D eigenvalue weighted by Gasteiger charge is 2.53. The van der Waals surface area contributed by atoms with Crippen LogP contribution in [0.2, 0.25) is 0 Å². The van der Waals surface area contributed by atoms with Gasteiger partial charge in [-0.3, -0.25) is 9.59 Å². The zero-order chi connectivity index (χ0) is 22.2. The van der Waals surface area contributed by atoms with Crippen LogP contribution in [0.1, 0.15) is 65.4 Å². The third-order valence-electron chi connectivity index (χ3n) is 8.65. The zero-order valence-corrected chi connectivity index (χ0v) is 19.3. The van der Waals surface area contributed by atoms with Crippen molar-refractivity contribution in [2.75, 3.05) is 0 Å². The lowest BCUT2D eigenvalue weighted by Gasteiger charge is -2.58. The van der Waals surface area contributed by atoms with E-state index in [0.29, 0.717) is 36.1 Å². The van der Waals surface area contributed by atoms with Gasteiger partial charge >= 0.3 is 0 Å². The molecule has 0 amide bonds. The predicted octanol–water partition coefficient (Wildman–Crippen LogP) is 5.93. The molecule has 1 fully saturated rings. The summed E-state index contributed by atoms with van der Waals surface area (Å²) in [7, 11) is 0. The van der Waals surface area contributed by atoms with E-state index in [1.54, 1.807) is 6.08 Å². The third kappa shape index (κ3) is 3.95. The van der Waals surface area contributed by atoms with Crippen LogP contribution in [0.25, 0.3) is 0 Å². The molecular weight excluding hydrogens is 382 g/mol. The van der Waals surface area contributed by atoms with Gasteiger partial charge in [0.25, 0.3) is 0 Å². The molecule has 164 valence electrons. The summed E-state index contributed by atoms with van der Waals surface area (Å²) in [5, 5.41) is 3.16. The number of carbonyl (C=O) groups is 2. The van der Waals surface area contributed by atoms with Crippen molar-refractivity contribution in [1.82, 2.24) is 5.32 Å². The molecule has 0 heterocycles. The summed E-state index contributed by atoms with van der Waals surface area (Å²) in [5.41, 5.74) is 3.91. The standard InChI is InChI=1S/C28H35NO2/c1-19-9-8-12-26-27(19,3)14-13-20(2)28(26,4)17-22-15-25(31)23(16-24(22)30)29-18-21-10-6-5-7-11-21/h5-7,9-11,15-16,20,26,29H,8,12-14,17-18H2,1-4H3/t20-,26+,27+,28+/m0/s1.